The Balaban J connectivity index is 0.000000103. The van der Waals surface area contributed by atoms with E-state index in [1.807, 2.05) is 157 Å². The number of anilines is 1. The highest BCUT2D eigenvalue weighted by Gasteiger charge is 2.14. The summed E-state index contributed by atoms with van der Waals surface area (Å²) in [6.45, 7) is 4.56. The standard InChI is InChI=1S/C11H9NO.C9H11N.C9H7N.2C9H10O.C9H8.C8H7N.C8H8O.C8H6O.C7H8S/c1-2-9-11-8(4-6-12-9)5-7-13-10(11)3-1;4*1-2-6-9-8(4-1)5-3-7-10-9;1-2-5-9-7-3-6-8(9)4-1;3*1-2-4-8-7(3-1)5-6-9-8;1-2-6-4-5-8-7(6)3-1/h1-4,6H,5,7H2;1-2,4,6,10H,3,5,7H2;1-7H;2*1-2,4,6H,3,5,7H2;1-6H,7H2;1-6,9H;1-4H,5-6H2;1-6H;4-5H,1-3H2. The van der Waals surface area contributed by atoms with Crippen molar-refractivity contribution in [2.24, 2.45) is 0 Å². The number of hydrogen-bond acceptors (Lipinski definition) is 9. The van der Waals surface area contributed by atoms with Crippen molar-refractivity contribution in [3.8, 4) is 23.0 Å². The summed E-state index contributed by atoms with van der Waals surface area (Å²) in [4.78, 5) is 13.2. The number of benzene rings is 9. The molecule has 0 saturated heterocycles. The van der Waals surface area contributed by atoms with E-state index in [0.29, 0.717) is 0 Å². The monoisotopic (exact) mass is 1300 g/mol. The van der Waals surface area contributed by atoms with E-state index in [4.69, 9.17) is 23.4 Å². The molecule has 0 saturated carbocycles. The predicted molar refractivity (Wildman–Crippen MR) is 402 cm³/mol. The van der Waals surface area contributed by atoms with Gasteiger partial charge in [0.2, 0.25) is 0 Å². The van der Waals surface area contributed by atoms with Crippen molar-refractivity contribution in [1.82, 2.24) is 15.0 Å². The van der Waals surface area contributed by atoms with Crippen LogP contribution in [0.2, 0.25) is 0 Å². The molecule has 488 valence electrons. The fraction of sp³-hybridized carbons (Fsp3) is 0.195. The maximum absolute atomic E-state index is 5.56. The molecule has 0 atom stereocenters. The average molecular weight is 1300 g/mol. The zero-order valence-corrected chi connectivity index (χ0v) is 55.9. The molecule has 21 rings (SSSR count). The van der Waals surface area contributed by atoms with Crippen molar-refractivity contribution in [3.63, 3.8) is 0 Å². The molecule has 10 heterocycles. The van der Waals surface area contributed by atoms with Gasteiger partial charge >= 0.3 is 0 Å². The molecule has 14 aromatic rings. The summed E-state index contributed by atoms with van der Waals surface area (Å²) < 4.78 is 26.8. The second-order valence-corrected chi connectivity index (χ2v) is 25.0. The molecule has 7 aliphatic rings. The van der Waals surface area contributed by atoms with E-state index in [-0.39, 0.29) is 0 Å². The lowest BCUT2D eigenvalue weighted by Gasteiger charge is -2.17. The van der Waals surface area contributed by atoms with Gasteiger partial charge in [-0.25, -0.2) is 0 Å². The Bertz CT molecular complexity index is 4260. The maximum Gasteiger partial charge on any atom is 0.133 e. The molecule has 97 heavy (non-hydrogen) atoms. The second kappa shape index (κ2) is 35.7. The van der Waals surface area contributed by atoms with Crippen LogP contribution in [0.1, 0.15) is 75.1 Å². The fourth-order valence-corrected chi connectivity index (χ4v) is 13.3. The number of furan rings is 1. The molecule has 10 heteroatoms. The van der Waals surface area contributed by atoms with Crippen LogP contribution in [0, 0.1) is 0 Å². The smallest absolute Gasteiger partial charge is 0.133 e. The molecule has 5 aromatic heterocycles. The van der Waals surface area contributed by atoms with Gasteiger partial charge in [0.25, 0.3) is 0 Å². The Hall–Kier alpha value is -10.7. The molecule has 0 amide bonds. The third-order valence-electron chi connectivity index (χ3n) is 17.4. The number of H-pyrrole nitrogens is 1. The van der Waals surface area contributed by atoms with E-state index >= 15 is 0 Å². The van der Waals surface area contributed by atoms with Crippen molar-refractivity contribution < 1.29 is 23.4 Å². The lowest BCUT2D eigenvalue weighted by molar-refractivity contribution is 0.288. The van der Waals surface area contributed by atoms with Gasteiger partial charge in [-0.3, -0.25) is 9.97 Å². The van der Waals surface area contributed by atoms with Crippen LogP contribution >= 0.6 is 11.3 Å². The Morgan fingerprint density at radius 1 is 0.371 bits per heavy atom. The summed E-state index contributed by atoms with van der Waals surface area (Å²) in [7, 11) is 0. The van der Waals surface area contributed by atoms with Gasteiger partial charge in [0.1, 0.15) is 28.6 Å². The van der Waals surface area contributed by atoms with Crippen LogP contribution in [-0.2, 0) is 51.4 Å². The first-order valence-corrected chi connectivity index (χ1v) is 35.0. The zero-order chi connectivity index (χ0) is 65.7. The molecule has 9 nitrogen and oxygen atoms in total. The van der Waals surface area contributed by atoms with Crippen molar-refractivity contribution >= 4 is 66.8 Å². The third-order valence-corrected chi connectivity index (χ3v) is 18.4. The van der Waals surface area contributed by atoms with Gasteiger partial charge in [0.15, 0.2) is 0 Å². The first kappa shape index (κ1) is 66.3. The number of ether oxygens (including phenoxy) is 4. The van der Waals surface area contributed by atoms with Crippen LogP contribution in [0.5, 0.6) is 23.0 Å². The molecule has 9 aromatic carbocycles. The van der Waals surface area contributed by atoms with Gasteiger partial charge in [-0.05, 0) is 204 Å². The van der Waals surface area contributed by atoms with E-state index < -0.39 is 0 Å². The first-order chi connectivity index (χ1) is 48.1. The maximum atomic E-state index is 5.56. The lowest BCUT2D eigenvalue weighted by atomic mass is 10.0. The minimum Gasteiger partial charge on any atom is -0.493 e. The summed E-state index contributed by atoms with van der Waals surface area (Å²) in [6, 6.07) is 84.3. The highest BCUT2D eigenvalue weighted by atomic mass is 32.1. The van der Waals surface area contributed by atoms with E-state index in [1.54, 1.807) is 16.7 Å². The number of aromatic nitrogens is 3. The molecule has 5 aliphatic heterocycles. The number of aryl methyl sites for hydroxylation is 5. The number of aromatic amines is 1. The van der Waals surface area contributed by atoms with Crippen LogP contribution in [0.4, 0.5) is 5.69 Å². The molecule has 2 aliphatic carbocycles. The Morgan fingerprint density at radius 3 is 1.66 bits per heavy atom. The molecule has 0 radical (unpaired) electrons. The van der Waals surface area contributed by atoms with Crippen molar-refractivity contribution in [3.05, 3.63) is 334 Å². The van der Waals surface area contributed by atoms with Gasteiger partial charge < -0.3 is 33.7 Å². The van der Waals surface area contributed by atoms with Crippen LogP contribution < -0.4 is 24.3 Å². The highest BCUT2D eigenvalue weighted by Crippen LogP contribution is 2.32. The largest absolute Gasteiger partial charge is 0.493 e. The van der Waals surface area contributed by atoms with Crippen molar-refractivity contribution in [2.75, 3.05) is 38.3 Å². The molecule has 0 fully saturated rings. The number of allylic oxidation sites excluding steroid dienone is 1. The zero-order valence-electron chi connectivity index (χ0n) is 55.1. The minimum absolute atomic E-state index is 0.788. The van der Waals surface area contributed by atoms with Gasteiger partial charge in [-0.2, -0.15) is 0 Å². The van der Waals surface area contributed by atoms with Crippen LogP contribution in [-0.4, -0.2) is 47.9 Å². The van der Waals surface area contributed by atoms with E-state index in [9.17, 15) is 0 Å². The van der Waals surface area contributed by atoms with Crippen LogP contribution in [0.25, 0.3) is 49.8 Å². The fourth-order valence-electron chi connectivity index (χ4n) is 12.3. The van der Waals surface area contributed by atoms with E-state index in [0.717, 1.165) is 110 Å². The van der Waals surface area contributed by atoms with Crippen molar-refractivity contribution in [2.45, 2.75) is 77.0 Å². The molecule has 0 spiro atoms. The number of hydrogen-bond donors (Lipinski definition) is 2. The number of thiophene rings is 1. The topological polar surface area (TPSA) is 104 Å². The predicted octanol–water partition coefficient (Wildman–Crippen LogP) is 21.2. The van der Waals surface area contributed by atoms with Crippen LogP contribution in [0.15, 0.2) is 289 Å². The van der Waals surface area contributed by atoms with Gasteiger partial charge in [-0.15, -0.1) is 11.3 Å². The third kappa shape index (κ3) is 19.3. The number of rotatable bonds is 0. The molecular weight excluding hydrogens is 1210 g/mol. The molecular formula is C87H84N4O5S. The lowest BCUT2D eigenvalue weighted by Crippen LogP contribution is -2.10. The summed E-state index contributed by atoms with van der Waals surface area (Å²) >= 11 is 1.91. The van der Waals surface area contributed by atoms with Crippen LogP contribution in [0.3, 0.4) is 0 Å². The normalized spacial score (nSPS) is 13.6. The van der Waals surface area contributed by atoms with E-state index in [1.165, 1.54) is 111 Å². The number of para-hydroxylation sites is 7. The van der Waals surface area contributed by atoms with Gasteiger partial charge in [0, 0.05) is 70.2 Å². The molecule has 2 N–H and O–H groups in total. The van der Waals surface area contributed by atoms with Gasteiger partial charge in [-0.1, -0.05) is 176 Å². The van der Waals surface area contributed by atoms with E-state index in [2.05, 4.69) is 159 Å². The first-order valence-electron chi connectivity index (χ1n) is 34.1. The molecule has 0 unspecified atom stereocenters. The quantitative estimate of drug-likeness (QED) is 0.155. The SMILES string of the molecule is C1=Cc2ccccc2C1.c1cc2c(s1)CCC2.c1cc2c3c(ccnc3c1)CCO2.c1ccc2[nH]ccc2c1.c1ccc2c(c1)CCCN2.c1ccc2c(c1)CCCO2.c1ccc2c(c1)CCCO2.c1ccc2c(c1)CCO2.c1ccc2ncccc2c1.c1ccc2occc2c1. The van der Waals surface area contributed by atoms with Crippen molar-refractivity contribution in [1.29, 1.82) is 0 Å². The Kier molecular flexibility index (Phi) is 24.4. The number of nitrogens with one attached hydrogen (secondary N) is 2. The number of fused-ring (bicyclic) bond motifs is 9. The number of nitrogens with zero attached hydrogens (tertiary/aromatic N) is 2. The highest BCUT2D eigenvalue weighted by molar-refractivity contribution is 7.10. The Morgan fingerprint density at radius 2 is 0.948 bits per heavy atom. The number of pyridine rings is 2. The Labute approximate surface area is 574 Å². The summed E-state index contributed by atoms with van der Waals surface area (Å²) in [5.74, 6) is 4.20. The molecule has 0 bridgehead atoms. The second-order valence-electron chi connectivity index (χ2n) is 24.0. The minimum atomic E-state index is 0.788. The summed E-state index contributed by atoms with van der Waals surface area (Å²) in [5.41, 5.74) is 16.9. The van der Waals surface area contributed by atoms with Gasteiger partial charge in [0.05, 0.1) is 43.7 Å². The average Bonchev–Trinajstić information content (AvgIpc) is 1.89. The summed E-state index contributed by atoms with van der Waals surface area (Å²) in [6.07, 6.45) is 26.2. The summed E-state index contributed by atoms with van der Waals surface area (Å²) in [5, 5.41) is 10.4.